The van der Waals surface area contributed by atoms with Gasteiger partial charge in [0.05, 0.1) is 16.3 Å². The van der Waals surface area contributed by atoms with Crippen LogP contribution in [-0.4, -0.2) is 28.1 Å². The van der Waals surface area contributed by atoms with Gasteiger partial charge in [-0.05, 0) is 45.5 Å². The molecule has 0 unspecified atom stereocenters. The molecule has 0 saturated carbocycles. The van der Waals surface area contributed by atoms with E-state index >= 15 is 0 Å². The van der Waals surface area contributed by atoms with Crippen molar-refractivity contribution >= 4 is 21.4 Å². The maximum absolute atomic E-state index is 11.7. The highest BCUT2D eigenvalue weighted by Gasteiger charge is 2.17. The largest absolute Gasteiger partial charge is 0.397 e. The second kappa shape index (κ2) is 6.25. The number of sulfonamides is 1. The van der Waals surface area contributed by atoms with Crippen LogP contribution < -0.4 is 15.4 Å². The number of benzene rings is 1. The summed E-state index contributed by atoms with van der Waals surface area (Å²) >= 11 is 0. The van der Waals surface area contributed by atoms with Crippen molar-refractivity contribution in [1.29, 1.82) is 0 Å². The lowest BCUT2D eigenvalue weighted by Gasteiger charge is -2.30. The Morgan fingerprint density at radius 2 is 2.00 bits per heavy atom. The van der Waals surface area contributed by atoms with Crippen LogP contribution in [0.5, 0.6) is 0 Å². The number of anilines is 2. The molecule has 0 radical (unpaired) electrons. The Kier molecular flexibility index (Phi) is 5.20. The summed E-state index contributed by atoms with van der Waals surface area (Å²) in [6.07, 6.45) is 1.01. The first kappa shape index (κ1) is 15.8. The summed E-state index contributed by atoms with van der Waals surface area (Å²) < 4.78 is 25.7. The van der Waals surface area contributed by atoms with E-state index in [1.165, 1.54) is 13.1 Å². The Balaban J connectivity index is 3.19. The topological polar surface area (TPSA) is 75.4 Å². The molecule has 19 heavy (non-hydrogen) atoms. The van der Waals surface area contributed by atoms with Gasteiger partial charge in [0.15, 0.2) is 0 Å². The quantitative estimate of drug-likeness (QED) is 0.782. The molecular weight excluding hydrogens is 262 g/mol. The van der Waals surface area contributed by atoms with Crippen molar-refractivity contribution in [3.05, 3.63) is 18.2 Å². The molecule has 0 aliphatic heterocycles. The summed E-state index contributed by atoms with van der Waals surface area (Å²) in [5.41, 5.74) is 7.37. The zero-order valence-electron chi connectivity index (χ0n) is 12.0. The molecule has 3 N–H and O–H groups in total. The van der Waals surface area contributed by atoms with Crippen molar-refractivity contribution in [2.75, 3.05) is 24.2 Å². The van der Waals surface area contributed by atoms with Crippen LogP contribution in [0.1, 0.15) is 27.2 Å². The highest BCUT2D eigenvalue weighted by Crippen LogP contribution is 2.27. The van der Waals surface area contributed by atoms with E-state index in [4.69, 9.17) is 5.73 Å². The van der Waals surface area contributed by atoms with Gasteiger partial charge in [-0.1, -0.05) is 6.92 Å². The second-order valence-corrected chi connectivity index (χ2v) is 6.60. The number of nitrogen functional groups attached to an aromatic ring is 1. The fraction of sp³-hybridized carbons (Fsp3) is 0.538. The van der Waals surface area contributed by atoms with Gasteiger partial charge in [0, 0.05) is 12.6 Å². The summed E-state index contributed by atoms with van der Waals surface area (Å²) in [4.78, 5) is 2.36. The molecular formula is C13H23N3O2S. The lowest BCUT2D eigenvalue weighted by Crippen LogP contribution is -2.32. The van der Waals surface area contributed by atoms with Crippen LogP contribution in [0.2, 0.25) is 0 Å². The molecule has 0 heterocycles. The first-order chi connectivity index (χ1) is 8.83. The molecule has 5 nitrogen and oxygen atoms in total. The van der Waals surface area contributed by atoms with Crippen LogP contribution in [-0.2, 0) is 10.0 Å². The summed E-state index contributed by atoms with van der Waals surface area (Å²) in [6.45, 7) is 7.17. The average molecular weight is 285 g/mol. The minimum Gasteiger partial charge on any atom is -0.397 e. The van der Waals surface area contributed by atoms with E-state index in [1.807, 2.05) is 0 Å². The molecule has 0 amide bonds. The molecule has 1 rings (SSSR count). The van der Waals surface area contributed by atoms with E-state index in [9.17, 15) is 8.42 Å². The molecule has 108 valence electrons. The number of nitrogens with two attached hydrogens (primary N) is 1. The standard InChI is InChI=1S/C13H23N3O2S/c1-5-8-16(10(2)3)13-7-6-11(9-12(13)14)19(17,18)15-4/h6-7,9-10,15H,5,8,14H2,1-4H3. The Bertz CT molecular complexity index is 527. The molecule has 0 bridgehead atoms. The number of nitrogens with zero attached hydrogens (tertiary/aromatic N) is 1. The van der Waals surface area contributed by atoms with Crippen LogP contribution in [0, 0.1) is 0 Å². The van der Waals surface area contributed by atoms with Gasteiger partial charge in [-0.15, -0.1) is 0 Å². The minimum atomic E-state index is -3.44. The van der Waals surface area contributed by atoms with Crippen molar-refractivity contribution in [3.8, 4) is 0 Å². The highest BCUT2D eigenvalue weighted by atomic mass is 32.2. The fourth-order valence-electron chi connectivity index (χ4n) is 1.98. The van der Waals surface area contributed by atoms with E-state index in [0.717, 1.165) is 18.7 Å². The molecule has 0 fully saturated rings. The molecule has 1 aromatic rings. The molecule has 6 heteroatoms. The first-order valence-electron chi connectivity index (χ1n) is 6.43. The lowest BCUT2D eigenvalue weighted by atomic mass is 10.2. The third-order valence-corrected chi connectivity index (χ3v) is 4.39. The van der Waals surface area contributed by atoms with Crippen molar-refractivity contribution in [2.24, 2.45) is 0 Å². The van der Waals surface area contributed by atoms with Crippen LogP contribution >= 0.6 is 0 Å². The van der Waals surface area contributed by atoms with E-state index in [-0.39, 0.29) is 4.90 Å². The second-order valence-electron chi connectivity index (χ2n) is 4.72. The monoisotopic (exact) mass is 285 g/mol. The molecule has 0 atom stereocenters. The molecule has 0 aliphatic carbocycles. The zero-order valence-corrected chi connectivity index (χ0v) is 12.8. The van der Waals surface area contributed by atoms with Gasteiger partial charge in [0.1, 0.15) is 0 Å². The van der Waals surface area contributed by atoms with Gasteiger partial charge in [0.25, 0.3) is 0 Å². The zero-order chi connectivity index (χ0) is 14.6. The van der Waals surface area contributed by atoms with Gasteiger partial charge in [-0.3, -0.25) is 0 Å². The summed E-state index contributed by atoms with van der Waals surface area (Å²) in [6, 6.07) is 5.18. The normalized spacial score (nSPS) is 11.8. The third kappa shape index (κ3) is 3.61. The van der Waals surface area contributed by atoms with Gasteiger partial charge in [0.2, 0.25) is 10.0 Å². The van der Waals surface area contributed by atoms with Crippen molar-refractivity contribution in [3.63, 3.8) is 0 Å². The Hall–Kier alpha value is -1.27. The van der Waals surface area contributed by atoms with Gasteiger partial charge < -0.3 is 10.6 Å². The first-order valence-corrected chi connectivity index (χ1v) is 7.91. The molecule has 0 spiro atoms. The number of nitrogens with one attached hydrogen (secondary N) is 1. The Morgan fingerprint density at radius 3 is 2.42 bits per heavy atom. The van der Waals surface area contributed by atoms with Crippen LogP contribution in [0.3, 0.4) is 0 Å². The van der Waals surface area contributed by atoms with Crippen molar-refractivity contribution < 1.29 is 8.42 Å². The van der Waals surface area contributed by atoms with Crippen molar-refractivity contribution in [2.45, 2.75) is 38.1 Å². The Labute approximate surface area is 115 Å². The highest BCUT2D eigenvalue weighted by molar-refractivity contribution is 7.89. The summed E-state index contributed by atoms with van der Waals surface area (Å²) in [7, 11) is -2.06. The maximum Gasteiger partial charge on any atom is 0.240 e. The maximum atomic E-state index is 11.7. The van der Waals surface area contributed by atoms with E-state index < -0.39 is 10.0 Å². The number of hydrogen-bond acceptors (Lipinski definition) is 4. The number of rotatable bonds is 6. The number of hydrogen-bond donors (Lipinski definition) is 2. The van der Waals surface area contributed by atoms with E-state index in [2.05, 4.69) is 30.4 Å². The van der Waals surface area contributed by atoms with E-state index in [0.29, 0.717) is 11.7 Å². The summed E-state index contributed by atoms with van der Waals surface area (Å²) in [5, 5.41) is 0. The third-order valence-electron chi connectivity index (χ3n) is 2.98. The predicted molar refractivity (Wildman–Crippen MR) is 79.9 cm³/mol. The molecule has 1 aromatic carbocycles. The SMILES string of the molecule is CCCN(c1ccc(S(=O)(=O)NC)cc1N)C(C)C. The van der Waals surface area contributed by atoms with Crippen LogP contribution in [0.15, 0.2) is 23.1 Å². The minimum absolute atomic E-state index is 0.191. The Morgan fingerprint density at radius 1 is 1.37 bits per heavy atom. The molecule has 0 aliphatic rings. The van der Waals surface area contributed by atoms with Gasteiger partial charge in [-0.25, -0.2) is 13.1 Å². The fourth-order valence-corrected chi connectivity index (χ4v) is 2.74. The summed E-state index contributed by atoms with van der Waals surface area (Å²) in [5.74, 6) is 0. The van der Waals surface area contributed by atoms with E-state index in [1.54, 1.807) is 12.1 Å². The molecule has 0 aromatic heterocycles. The average Bonchev–Trinajstić information content (AvgIpc) is 2.36. The van der Waals surface area contributed by atoms with Crippen molar-refractivity contribution in [1.82, 2.24) is 4.72 Å². The lowest BCUT2D eigenvalue weighted by molar-refractivity contribution is 0.588. The van der Waals surface area contributed by atoms with Gasteiger partial charge >= 0.3 is 0 Å². The van der Waals surface area contributed by atoms with Gasteiger partial charge in [-0.2, -0.15) is 0 Å². The smallest absolute Gasteiger partial charge is 0.240 e. The predicted octanol–water partition coefficient (Wildman–Crippen LogP) is 1.80. The molecule has 0 saturated heterocycles. The van der Waals surface area contributed by atoms with Crippen LogP contribution in [0.4, 0.5) is 11.4 Å². The van der Waals surface area contributed by atoms with Crippen LogP contribution in [0.25, 0.3) is 0 Å².